The van der Waals surface area contributed by atoms with E-state index in [1.807, 2.05) is 10.6 Å². The first kappa shape index (κ1) is 62.8. The molecule has 0 bridgehead atoms. The number of aliphatic hydroxyl groups excluding tert-OH is 3. The number of phenolic OH excluding ortho intramolecular Hbond substituents is 2. The van der Waals surface area contributed by atoms with Gasteiger partial charge in [-0.25, -0.2) is 9.59 Å². The molecule has 0 saturated carbocycles. The van der Waals surface area contributed by atoms with Crippen molar-refractivity contribution in [3.05, 3.63) is 17.7 Å². The number of phenols is 2. The van der Waals surface area contributed by atoms with Crippen molar-refractivity contribution in [2.75, 3.05) is 26.2 Å². The summed E-state index contributed by atoms with van der Waals surface area (Å²) >= 11 is 0. The normalized spacial score (nSPS) is 19.5. The number of aromatic hydroxyl groups is 2. The number of amides is 9. The summed E-state index contributed by atoms with van der Waals surface area (Å²) in [5.41, 5.74) is 16.3. The highest BCUT2D eigenvalue weighted by Gasteiger charge is 2.40. The molecule has 0 spiro atoms. The molecule has 0 aromatic heterocycles. The van der Waals surface area contributed by atoms with E-state index in [2.05, 4.69) is 31.9 Å². The van der Waals surface area contributed by atoms with Gasteiger partial charge in [-0.05, 0) is 70.0 Å². The van der Waals surface area contributed by atoms with Crippen LogP contribution in [0, 0.1) is 0 Å². The molecule has 1 aromatic rings. The van der Waals surface area contributed by atoms with E-state index in [-0.39, 0.29) is 77.4 Å². The molecule has 9 unspecified atom stereocenters. The lowest BCUT2D eigenvalue weighted by Gasteiger charge is -2.28. The van der Waals surface area contributed by atoms with Crippen molar-refractivity contribution in [3.8, 4) is 11.5 Å². The average molecular weight is 1080 g/mol. The Morgan fingerprint density at radius 2 is 1.47 bits per heavy atom. The number of unbranched alkanes of at least 4 members (excludes halogenated alkanes) is 2. The number of aliphatic carboxylic acids is 2. The largest absolute Gasteiger partial charge is 0.504 e. The lowest BCUT2D eigenvalue weighted by molar-refractivity contribution is -0.153. The first-order valence-electron chi connectivity index (χ1n) is 22.7. The summed E-state index contributed by atoms with van der Waals surface area (Å²) in [6.07, 6.45) is -8.33. The molecule has 0 aliphatic carbocycles. The summed E-state index contributed by atoms with van der Waals surface area (Å²) in [4.78, 5) is 140. The number of aliphatic hydroxyl groups is 3. The Morgan fingerprint density at radius 1 is 0.797 bits per heavy atom. The van der Waals surface area contributed by atoms with Gasteiger partial charge in [0.2, 0.25) is 47.3 Å². The van der Waals surface area contributed by atoms with Crippen LogP contribution in [0.4, 0.5) is 0 Å². The van der Waals surface area contributed by atoms with Crippen LogP contribution in [-0.2, 0) is 58.1 Å². The molecular formula is C41H63N11O21S. The van der Waals surface area contributed by atoms with Gasteiger partial charge in [0.15, 0.2) is 23.7 Å². The van der Waals surface area contributed by atoms with E-state index in [1.54, 1.807) is 0 Å². The van der Waals surface area contributed by atoms with Gasteiger partial charge in [-0.2, -0.15) is 8.42 Å². The number of hydrogen-bond acceptors (Lipinski definition) is 20. The Kier molecular flexibility index (Phi) is 25.5. The number of nitrogens with one attached hydrogen (secondary N) is 8. The highest BCUT2D eigenvalue weighted by molar-refractivity contribution is 7.86. The van der Waals surface area contributed by atoms with Crippen molar-refractivity contribution in [1.29, 1.82) is 0 Å². The number of carbonyl (C=O) groups excluding carboxylic acids is 9. The van der Waals surface area contributed by atoms with Crippen LogP contribution in [0.25, 0.3) is 0 Å². The molecule has 1 saturated heterocycles. The van der Waals surface area contributed by atoms with Gasteiger partial charge in [-0.15, -0.1) is 0 Å². The quantitative estimate of drug-likeness (QED) is 0.0246. The van der Waals surface area contributed by atoms with Crippen molar-refractivity contribution in [2.24, 2.45) is 17.2 Å². The Hall–Kier alpha value is -7.30. The highest BCUT2D eigenvalue weighted by atomic mass is 32.2. The van der Waals surface area contributed by atoms with Gasteiger partial charge < -0.3 is 95.5 Å². The summed E-state index contributed by atoms with van der Waals surface area (Å²) in [5, 5.41) is 88.0. The molecule has 0 radical (unpaired) electrons. The molecule has 9 amide bonds. The van der Waals surface area contributed by atoms with Crippen LogP contribution in [0.2, 0.25) is 0 Å². The molecule has 1 heterocycles. The molecule has 2 rings (SSSR count). The van der Waals surface area contributed by atoms with Gasteiger partial charge in [0.05, 0.1) is 31.1 Å². The van der Waals surface area contributed by atoms with Gasteiger partial charge in [0.25, 0.3) is 16.0 Å². The molecule has 1 aliphatic rings. The van der Waals surface area contributed by atoms with Crippen LogP contribution in [-0.4, -0.2) is 195 Å². The maximum absolute atomic E-state index is 13.9. The minimum atomic E-state index is -4.92. The van der Waals surface area contributed by atoms with Gasteiger partial charge in [0, 0.05) is 19.1 Å². The van der Waals surface area contributed by atoms with Crippen molar-refractivity contribution in [2.45, 2.75) is 130 Å². The summed E-state index contributed by atoms with van der Waals surface area (Å²) in [7, 11) is -4.92. The van der Waals surface area contributed by atoms with E-state index in [0.29, 0.717) is 6.07 Å². The predicted octanol–water partition coefficient (Wildman–Crippen LogP) is -7.94. The molecule has 1 aromatic carbocycles. The fourth-order valence-electron chi connectivity index (χ4n) is 6.93. The van der Waals surface area contributed by atoms with E-state index in [1.165, 1.54) is 0 Å². The van der Waals surface area contributed by atoms with Crippen LogP contribution in [0.3, 0.4) is 0 Å². The van der Waals surface area contributed by atoms with Crippen LogP contribution in [0.1, 0.15) is 81.0 Å². The van der Waals surface area contributed by atoms with Gasteiger partial charge in [0.1, 0.15) is 35.1 Å². The summed E-state index contributed by atoms with van der Waals surface area (Å²) in [6.45, 7) is -0.753. The van der Waals surface area contributed by atoms with Crippen LogP contribution >= 0.6 is 0 Å². The predicted molar refractivity (Wildman–Crippen MR) is 248 cm³/mol. The van der Waals surface area contributed by atoms with E-state index < -0.39 is 171 Å². The van der Waals surface area contributed by atoms with Gasteiger partial charge in [-0.3, -0.25) is 47.7 Å². The molecule has 74 heavy (non-hydrogen) atoms. The second-order valence-electron chi connectivity index (χ2n) is 16.8. The fourth-order valence-corrected chi connectivity index (χ4v) is 7.51. The standard InChI is InChI=1S/C41H63N11O21S/c42-12-4-1-8-21-36(63)51-28(32(59)40(67)68)38(65)47-17-27(56)45-13-6-3-9-20(35(62)49-21)50-39(66)29(33(60)41(69)70)52-37(64)22(15-25(44)54)48-26(55)16-23(53)19(43)7-2-5-14-46-34(61)18-10-11-24(74(71,72)73)31(58)30(18)57/h10-11,19-23,28-29,32-33,53,57-60H,1-9,12-17,42-43H2,(H2,44,54)(H,45,56)(H,46,61)(H,47,65)(H,48,55)(H,49,62)(H,50,66)(H,51,63)(H,52,64)(H,67,68)(H,69,70)(H,71,72,73). The third-order valence-electron chi connectivity index (χ3n) is 11.0. The third-order valence-corrected chi connectivity index (χ3v) is 11.9. The van der Waals surface area contributed by atoms with Crippen LogP contribution in [0.5, 0.6) is 11.5 Å². The van der Waals surface area contributed by atoms with Gasteiger partial charge >= 0.3 is 11.9 Å². The molecule has 1 aliphatic heterocycles. The summed E-state index contributed by atoms with van der Waals surface area (Å²) in [5.74, 6) is -17.1. The second-order valence-corrected chi connectivity index (χ2v) is 18.2. The summed E-state index contributed by atoms with van der Waals surface area (Å²) in [6, 6.07) is -9.61. The van der Waals surface area contributed by atoms with Crippen molar-refractivity contribution in [3.63, 3.8) is 0 Å². The summed E-state index contributed by atoms with van der Waals surface area (Å²) < 4.78 is 31.8. The van der Waals surface area contributed by atoms with Crippen molar-refractivity contribution >= 4 is 75.2 Å². The van der Waals surface area contributed by atoms with Crippen molar-refractivity contribution in [1.82, 2.24) is 42.5 Å². The second kappa shape index (κ2) is 30.0. The SMILES string of the molecule is NCCCCC1NC(=O)C(NC(=O)C(NC(=O)C(CC(N)=O)NC(=O)CC(O)C(N)CCCCNC(=O)c2ccc(S(=O)(=O)O)c(O)c2O)C(O)C(=O)O)CCCCNC(=O)CNC(=O)C(C(O)C(=O)O)NC1=O. The number of carbonyl (C=O) groups is 11. The molecule has 33 heteroatoms. The lowest BCUT2D eigenvalue weighted by Crippen LogP contribution is -2.63. The molecule has 9 atom stereocenters. The first-order valence-corrected chi connectivity index (χ1v) is 24.1. The fraction of sp³-hybridized carbons (Fsp3) is 0.585. The minimum Gasteiger partial charge on any atom is -0.504 e. The van der Waals surface area contributed by atoms with E-state index in [9.17, 15) is 96.9 Å². The molecule has 1 fully saturated rings. The average Bonchev–Trinajstić information content (AvgIpc) is 3.31. The van der Waals surface area contributed by atoms with E-state index in [0.717, 1.165) is 6.07 Å². The zero-order valence-electron chi connectivity index (χ0n) is 39.5. The zero-order chi connectivity index (χ0) is 56.0. The Labute approximate surface area is 421 Å². The number of carboxylic acids is 2. The number of nitrogens with two attached hydrogens (primary N) is 3. The molecule has 22 N–H and O–H groups in total. The maximum Gasteiger partial charge on any atom is 0.335 e. The van der Waals surface area contributed by atoms with E-state index >= 15 is 0 Å². The number of benzene rings is 1. The highest BCUT2D eigenvalue weighted by Crippen LogP contribution is 2.35. The number of rotatable bonds is 25. The smallest absolute Gasteiger partial charge is 0.335 e. The monoisotopic (exact) mass is 1080 g/mol. The lowest BCUT2D eigenvalue weighted by atomic mass is 10.0. The van der Waals surface area contributed by atoms with Crippen LogP contribution in [0.15, 0.2) is 17.0 Å². The Morgan fingerprint density at radius 3 is 2.08 bits per heavy atom. The topological polar surface area (TPSA) is 558 Å². The van der Waals surface area contributed by atoms with Crippen molar-refractivity contribution < 1.29 is 101 Å². The molecule has 32 nitrogen and oxygen atoms in total. The first-order chi connectivity index (χ1) is 34.6. The Bertz CT molecular complexity index is 2340. The van der Waals surface area contributed by atoms with E-state index in [4.69, 9.17) is 21.8 Å². The number of carboxylic acid groups (broad SMARTS) is 2. The number of hydrogen-bond donors (Lipinski definition) is 19. The minimum absolute atomic E-state index is 0.0148. The third kappa shape index (κ3) is 20.3. The van der Waals surface area contributed by atoms with Crippen LogP contribution < -0.4 is 59.7 Å². The number of primary amides is 1. The Balaban J connectivity index is 2.23. The van der Waals surface area contributed by atoms with Gasteiger partial charge in [-0.1, -0.05) is 6.42 Å². The maximum atomic E-state index is 13.9. The molecular weight excluding hydrogens is 1010 g/mol. The molecule has 414 valence electrons. The zero-order valence-corrected chi connectivity index (χ0v) is 40.3.